The van der Waals surface area contributed by atoms with Crippen LogP contribution in [0.5, 0.6) is 0 Å². The van der Waals surface area contributed by atoms with E-state index in [2.05, 4.69) is 9.88 Å². The molecular weight excluding hydrogens is 273 g/mol. The maximum absolute atomic E-state index is 13.1. The molecule has 0 bridgehead atoms. The predicted molar refractivity (Wildman–Crippen MR) is 79.1 cm³/mol. The van der Waals surface area contributed by atoms with Gasteiger partial charge in [0.05, 0.1) is 11.7 Å². The molecule has 1 unspecified atom stereocenters. The number of benzene rings is 1. The lowest BCUT2D eigenvalue weighted by Crippen LogP contribution is -2.26. The third-order valence-corrected chi connectivity index (χ3v) is 4.65. The van der Waals surface area contributed by atoms with Crippen LogP contribution in [-0.2, 0) is 6.54 Å². The number of thiazole rings is 1. The zero-order chi connectivity index (χ0) is 13.9. The predicted octanol–water partition coefficient (Wildman–Crippen LogP) is 2.93. The lowest BCUT2D eigenvalue weighted by molar-refractivity contribution is 0.280. The van der Waals surface area contributed by atoms with E-state index < -0.39 is 0 Å². The van der Waals surface area contributed by atoms with Crippen LogP contribution >= 0.6 is 11.3 Å². The van der Waals surface area contributed by atoms with Gasteiger partial charge in [-0.3, -0.25) is 4.90 Å². The first-order valence-corrected chi connectivity index (χ1v) is 7.80. The minimum atomic E-state index is -0.198. The average molecular weight is 291 g/mol. The molecule has 2 heterocycles. The van der Waals surface area contributed by atoms with Gasteiger partial charge in [-0.05, 0) is 43.6 Å². The second kappa shape index (κ2) is 5.99. The highest BCUT2D eigenvalue weighted by Crippen LogP contribution is 2.33. The third kappa shape index (κ3) is 2.75. The van der Waals surface area contributed by atoms with Crippen LogP contribution in [0.4, 0.5) is 4.39 Å². The van der Waals surface area contributed by atoms with E-state index in [-0.39, 0.29) is 11.9 Å². The van der Waals surface area contributed by atoms with Crippen LogP contribution in [0.2, 0.25) is 0 Å². The first-order valence-electron chi connectivity index (χ1n) is 6.92. The summed E-state index contributed by atoms with van der Waals surface area (Å²) in [6.45, 7) is 2.60. The fourth-order valence-electron chi connectivity index (χ4n) is 2.70. The van der Waals surface area contributed by atoms with Crippen LogP contribution in [0.15, 0.2) is 29.6 Å². The number of nitrogens with two attached hydrogens (primary N) is 1. The molecule has 1 fully saturated rings. The molecule has 1 aromatic carbocycles. The Kier molecular flexibility index (Phi) is 4.10. The van der Waals surface area contributed by atoms with E-state index in [1.54, 1.807) is 11.3 Å². The van der Waals surface area contributed by atoms with E-state index in [0.29, 0.717) is 6.54 Å². The molecule has 1 aromatic heterocycles. The molecule has 0 spiro atoms. The summed E-state index contributed by atoms with van der Waals surface area (Å²) in [6.07, 6.45) is 2.43. The van der Waals surface area contributed by atoms with Gasteiger partial charge in [-0.15, -0.1) is 11.3 Å². The van der Waals surface area contributed by atoms with Gasteiger partial charge >= 0.3 is 0 Å². The number of rotatable bonds is 4. The molecule has 106 valence electrons. The van der Waals surface area contributed by atoms with Gasteiger partial charge in [0, 0.05) is 11.9 Å². The Morgan fingerprint density at radius 3 is 2.55 bits per heavy atom. The van der Waals surface area contributed by atoms with Crippen molar-refractivity contribution in [3.8, 4) is 0 Å². The largest absolute Gasteiger partial charge is 0.325 e. The standard InChI is InChI=1S/C15H18FN3S/c16-12-5-3-11(4-6-12)14(19-7-1-2-8-19)15-18-13(9-17)10-20-15/h3-6,10,14H,1-2,7-9,17H2. The Balaban J connectivity index is 1.96. The minimum Gasteiger partial charge on any atom is -0.325 e. The molecular formula is C15H18FN3S. The van der Waals surface area contributed by atoms with Crippen molar-refractivity contribution < 1.29 is 4.39 Å². The highest BCUT2D eigenvalue weighted by molar-refractivity contribution is 7.09. The Morgan fingerprint density at radius 2 is 1.95 bits per heavy atom. The van der Waals surface area contributed by atoms with Crippen molar-refractivity contribution in [2.75, 3.05) is 13.1 Å². The van der Waals surface area contributed by atoms with Crippen LogP contribution in [0.1, 0.15) is 35.1 Å². The fraction of sp³-hybridized carbons (Fsp3) is 0.400. The number of likely N-dealkylation sites (tertiary alicyclic amines) is 1. The number of hydrogen-bond donors (Lipinski definition) is 1. The van der Waals surface area contributed by atoms with Crippen molar-refractivity contribution in [1.29, 1.82) is 0 Å². The number of hydrogen-bond acceptors (Lipinski definition) is 4. The quantitative estimate of drug-likeness (QED) is 0.942. The van der Waals surface area contributed by atoms with Gasteiger partial charge in [0.15, 0.2) is 0 Å². The summed E-state index contributed by atoms with van der Waals surface area (Å²) in [7, 11) is 0. The van der Waals surface area contributed by atoms with Crippen LogP contribution < -0.4 is 5.73 Å². The van der Waals surface area contributed by atoms with Crippen molar-refractivity contribution in [3.05, 3.63) is 51.7 Å². The number of nitrogens with zero attached hydrogens (tertiary/aromatic N) is 2. The number of halogens is 1. The van der Waals surface area contributed by atoms with E-state index >= 15 is 0 Å². The molecule has 0 aliphatic carbocycles. The molecule has 2 N–H and O–H groups in total. The summed E-state index contributed by atoms with van der Waals surface area (Å²) >= 11 is 1.64. The Hall–Kier alpha value is -1.30. The molecule has 0 radical (unpaired) electrons. The highest BCUT2D eigenvalue weighted by atomic mass is 32.1. The summed E-state index contributed by atoms with van der Waals surface area (Å²) in [5.74, 6) is -0.198. The van der Waals surface area contributed by atoms with E-state index in [1.807, 2.05) is 17.5 Å². The van der Waals surface area contributed by atoms with Gasteiger partial charge in [-0.25, -0.2) is 9.37 Å². The molecule has 1 aliphatic rings. The summed E-state index contributed by atoms with van der Waals surface area (Å²) in [5, 5.41) is 3.07. The summed E-state index contributed by atoms with van der Waals surface area (Å²) in [5.41, 5.74) is 7.69. The van der Waals surface area contributed by atoms with Crippen molar-refractivity contribution in [1.82, 2.24) is 9.88 Å². The van der Waals surface area contributed by atoms with Gasteiger partial charge in [0.1, 0.15) is 10.8 Å². The third-order valence-electron chi connectivity index (χ3n) is 3.70. The van der Waals surface area contributed by atoms with Crippen molar-refractivity contribution in [3.63, 3.8) is 0 Å². The van der Waals surface area contributed by atoms with Gasteiger partial charge in [-0.2, -0.15) is 0 Å². The average Bonchev–Trinajstić information content (AvgIpc) is 3.13. The topological polar surface area (TPSA) is 42.1 Å². The molecule has 3 nitrogen and oxygen atoms in total. The molecule has 0 amide bonds. The van der Waals surface area contributed by atoms with Crippen LogP contribution in [0.3, 0.4) is 0 Å². The second-order valence-electron chi connectivity index (χ2n) is 5.08. The molecule has 1 atom stereocenters. The molecule has 3 rings (SSSR count). The first-order chi connectivity index (χ1) is 9.78. The maximum atomic E-state index is 13.1. The zero-order valence-electron chi connectivity index (χ0n) is 11.3. The smallest absolute Gasteiger partial charge is 0.123 e. The number of aromatic nitrogens is 1. The van der Waals surface area contributed by atoms with Gasteiger partial charge in [0.25, 0.3) is 0 Å². The highest BCUT2D eigenvalue weighted by Gasteiger charge is 2.27. The summed E-state index contributed by atoms with van der Waals surface area (Å²) in [4.78, 5) is 7.05. The van der Waals surface area contributed by atoms with Crippen LogP contribution in [0, 0.1) is 5.82 Å². The Bertz CT molecular complexity index is 561. The molecule has 2 aromatic rings. The molecule has 1 aliphatic heterocycles. The van der Waals surface area contributed by atoms with E-state index in [1.165, 1.54) is 25.0 Å². The van der Waals surface area contributed by atoms with Crippen molar-refractivity contribution in [2.24, 2.45) is 5.73 Å². The van der Waals surface area contributed by atoms with Crippen molar-refractivity contribution in [2.45, 2.75) is 25.4 Å². The zero-order valence-corrected chi connectivity index (χ0v) is 12.1. The molecule has 0 saturated carbocycles. The summed E-state index contributed by atoms with van der Waals surface area (Å²) in [6, 6.07) is 6.90. The lowest BCUT2D eigenvalue weighted by Gasteiger charge is -2.26. The van der Waals surface area contributed by atoms with E-state index in [0.717, 1.165) is 29.4 Å². The SMILES string of the molecule is NCc1csc(C(c2ccc(F)cc2)N2CCCC2)n1. The van der Waals surface area contributed by atoms with E-state index in [9.17, 15) is 4.39 Å². The van der Waals surface area contributed by atoms with Crippen LogP contribution in [0.25, 0.3) is 0 Å². The molecule has 5 heteroatoms. The second-order valence-corrected chi connectivity index (χ2v) is 5.97. The van der Waals surface area contributed by atoms with Crippen molar-refractivity contribution >= 4 is 11.3 Å². The maximum Gasteiger partial charge on any atom is 0.123 e. The molecule has 1 saturated heterocycles. The van der Waals surface area contributed by atoms with Crippen LogP contribution in [-0.4, -0.2) is 23.0 Å². The Morgan fingerprint density at radius 1 is 1.25 bits per heavy atom. The fourth-order valence-corrected chi connectivity index (χ4v) is 3.69. The van der Waals surface area contributed by atoms with Gasteiger partial charge in [-0.1, -0.05) is 12.1 Å². The first kappa shape index (κ1) is 13.7. The summed E-state index contributed by atoms with van der Waals surface area (Å²) < 4.78 is 13.1. The monoisotopic (exact) mass is 291 g/mol. The normalized spacial score (nSPS) is 17.5. The Labute approximate surface area is 122 Å². The van der Waals surface area contributed by atoms with Gasteiger partial charge < -0.3 is 5.73 Å². The minimum absolute atomic E-state index is 0.128. The molecule has 20 heavy (non-hydrogen) atoms. The van der Waals surface area contributed by atoms with Gasteiger partial charge in [0.2, 0.25) is 0 Å². The van der Waals surface area contributed by atoms with E-state index in [4.69, 9.17) is 5.73 Å². The lowest BCUT2D eigenvalue weighted by atomic mass is 10.1.